The van der Waals surface area contributed by atoms with E-state index in [1.165, 1.54) is 0 Å². The number of hydrogen-bond donors (Lipinski definition) is 3. The van der Waals surface area contributed by atoms with Gasteiger partial charge in [-0.25, -0.2) is 0 Å². The Kier molecular flexibility index (Phi) is 4.11. The largest absolute Gasteiger partial charge is 0.481 e. The van der Waals surface area contributed by atoms with Crippen molar-refractivity contribution < 1.29 is 24.9 Å². The van der Waals surface area contributed by atoms with Crippen molar-refractivity contribution in [2.45, 2.75) is 30.8 Å². The van der Waals surface area contributed by atoms with Crippen LogP contribution < -0.4 is 0 Å². The van der Waals surface area contributed by atoms with Crippen molar-refractivity contribution in [3.63, 3.8) is 0 Å². The highest BCUT2D eigenvalue weighted by molar-refractivity contribution is 5.85. The Hall–Kier alpha value is -2.66. The van der Waals surface area contributed by atoms with E-state index in [0.29, 0.717) is 24.0 Å². The van der Waals surface area contributed by atoms with Gasteiger partial charge in [0.25, 0.3) is 0 Å². The number of carbonyl (C=O) groups is 2. The molecule has 1 aliphatic rings. The Balaban J connectivity index is 2.02. The summed E-state index contributed by atoms with van der Waals surface area (Å²) in [5, 5.41) is 28.5. The van der Waals surface area contributed by atoms with Crippen LogP contribution in [-0.4, -0.2) is 27.3 Å². The lowest BCUT2D eigenvalue weighted by Crippen LogP contribution is -2.19. The van der Waals surface area contributed by atoms with Crippen LogP contribution in [0.4, 0.5) is 0 Å². The van der Waals surface area contributed by atoms with E-state index >= 15 is 0 Å². The van der Waals surface area contributed by atoms with Crippen LogP contribution in [0.25, 0.3) is 11.1 Å². The fraction of sp³-hybridized carbons (Fsp3) is 0.263. The summed E-state index contributed by atoms with van der Waals surface area (Å²) < 4.78 is 0. The van der Waals surface area contributed by atoms with Gasteiger partial charge in [0.05, 0.1) is 17.9 Å². The molecule has 24 heavy (non-hydrogen) atoms. The monoisotopic (exact) mass is 326 g/mol. The molecule has 2 aromatic rings. The first-order valence-electron chi connectivity index (χ1n) is 7.77. The number of rotatable bonds is 6. The molecular weight excluding hydrogens is 308 g/mol. The highest BCUT2D eigenvalue weighted by atomic mass is 16.4. The molecule has 0 amide bonds. The quantitative estimate of drug-likeness (QED) is 0.758. The van der Waals surface area contributed by atoms with Crippen molar-refractivity contribution in [1.82, 2.24) is 0 Å². The number of hydrogen-bond acceptors (Lipinski definition) is 3. The fourth-order valence-electron chi connectivity index (χ4n) is 3.06. The molecule has 0 aliphatic heterocycles. The van der Waals surface area contributed by atoms with E-state index in [2.05, 4.69) is 0 Å². The number of aliphatic carboxylic acids is 2. The topological polar surface area (TPSA) is 94.8 Å². The van der Waals surface area contributed by atoms with Crippen LogP contribution in [0, 0.1) is 0 Å². The molecule has 3 rings (SSSR count). The number of carboxylic acid groups (broad SMARTS) is 2. The van der Waals surface area contributed by atoms with Crippen molar-refractivity contribution in [2.75, 3.05) is 0 Å². The Morgan fingerprint density at radius 1 is 1.04 bits per heavy atom. The van der Waals surface area contributed by atoms with Crippen molar-refractivity contribution in [1.29, 1.82) is 0 Å². The van der Waals surface area contributed by atoms with Gasteiger partial charge in [-0.1, -0.05) is 42.5 Å². The van der Waals surface area contributed by atoms with E-state index in [1.54, 1.807) is 30.3 Å². The third kappa shape index (κ3) is 2.90. The van der Waals surface area contributed by atoms with E-state index in [1.807, 2.05) is 18.2 Å². The first-order valence-corrected chi connectivity index (χ1v) is 7.77. The SMILES string of the molecule is O=C(O)CC(O)c1ccccc1-c1cccc(C2(C(=O)O)CC2)c1. The fourth-order valence-corrected chi connectivity index (χ4v) is 3.06. The molecule has 2 aromatic carbocycles. The average molecular weight is 326 g/mol. The maximum Gasteiger partial charge on any atom is 0.314 e. The molecule has 1 atom stereocenters. The number of aliphatic hydroxyl groups excluding tert-OH is 1. The van der Waals surface area contributed by atoms with Crippen molar-refractivity contribution in [2.24, 2.45) is 0 Å². The molecule has 0 spiro atoms. The summed E-state index contributed by atoms with van der Waals surface area (Å²) in [5.74, 6) is -1.90. The molecule has 0 bridgehead atoms. The highest BCUT2D eigenvalue weighted by Gasteiger charge is 2.51. The minimum Gasteiger partial charge on any atom is -0.481 e. The Morgan fingerprint density at radius 3 is 2.38 bits per heavy atom. The predicted molar refractivity (Wildman–Crippen MR) is 87.6 cm³/mol. The molecule has 5 heteroatoms. The summed E-state index contributed by atoms with van der Waals surface area (Å²) in [6.45, 7) is 0. The summed E-state index contributed by atoms with van der Waals surface area (Å²) in [6.07, 6.45) is -0.253. The Morgan fingerprint density at radius 2 is 1.75 bits per heavy atom. The summed E-state index contributed by atoms with van der Waals surface area (Å²) in [5.41, 5.74) is 1.96. The van der Waals surface area contributed by atoms with Crippen LogP contribution in [0.5, 0.6) is 0 Å². The van der Waals surface area contributed by atoms with Gasteiger partial charge in [0.1, 0.15) is 0 Å². The molecule has 1 aliphatic carbocycles. The number of aliphatic hydroxyl groups is 1. The summed E-state index contributed by atoms with van der Waals surface area (Å²) in [7, 11) is 0. The maximum atomic E-state index is 11.5. The zero-order valence-electron chi connectivity index (χ0n) is 13.0. The Bertz CT molecular complexity index is 792. The van der Waals surface area contributed by atoms with Crippen LogP contribution in [0.2, 0.25) is 0 Å². The lowest BCUT2D eigenvalue weighted by molar-refractivity contribution is -0.140. The van der Waals surface area contributed by atoms with E-state index in [9.17, 15) is 19.8 Å². The minimum absolute atomic E-state index is 0.379. The van der Waals surface area contributed by atoms with Crippen molar-refractivity contribution >= 4 is 11.9 Å². The zero-order chi connectivity index (χ0) is 17.3. The molecule has 1 saturated carbocycles. The van der Waals surface area contributed by atoms with Gasteiger partial charge in [0.15, 0.2) is 0 Å². The van der Waals surface area contributed by atoms with E-state index in [-0.39, 0.29) is 6.42 Å². The second-order valence-electron chi connectivity index (χ2n) is 6.17. The van der Waals surface area contributed by atoms with Gasteiger partial charge < -0.3 is 15.3 Å². The van der Waals surface area contributed by atoms with E-state index in [4.69, 9.17) is 5.11 Å². The van der Waals surface area contributed by atoms with Gasteiger partial charge in [-0.15, -0.1) is 0 Å². The third-order valence-electron chi connectivity index (χ3n) is 4.57. The lowest BCUT2D eigenvalue weighted by atomic mass is 9.90. The summed E-state index contributed by atoms with van der Waals surface area (Å²) in [6, 6.07) is 14.3. The summed E-state index contributed by atoms with van der Waals surface area (Å²) >= 11 is 0. The van der Waals surface area contributed by atoms with Gasteiger partial charge in [0.2, 0.25) is 0 Å². The standard InChI is InChI=1S/C19H18O5/c20-16(11-17(21)22)15-7-2-1-6-14(15)12-4-3-5-13(10-12)19(8-9-19)18(23)24/h1-7,10,16,20H,8-9,11H2,(H,21,22)(H,23,24). The molecular formula is C19H18O5. The normalized spacial score (nSPS) is 16.4. The van der Waals surface area contributed by atoms with Gasteiger partial charge in [-0.3, -0.25) is 9.59 Å². The smallest absolute Gasteiger partial charge is 0.314 e. The predicted octanol–water partition coefficient (Wildman–Crippen LogP) is 2.98. The number of benzene rings is 2. The molecule has 0 saturated heterocycles. The van der Waals surface area contributed by atoms with Gasteiger partial charge in [0, 0.05) is 0 Å². The molecule has 124 valence electrons. The minimum atomic E-state index is -1.11. The van der Waals surface area contributed by atoms with Crippen molar-refractivity contribution in [3.05, 3.63) is 59.7 Å². The average Bonchev–Trinajstić information content (AvgIpc) is 3.36. The second-order valence-corrected chi connectivity index (χ2v) is 6.17. The van der Waals surface area contributed by atoms with Crippen LogP contribution in [0.1, 0.15) is 36.5 Å². The van der Waals surface area contributed by atoms with Crippen LogP contribution in [0.3, 0.4) is 0 Å². The second kappa shape index (κ2) is 6.09. The lowest BCUT2D eigenvalue weighted by Gasteiger charge is -2.16. The molecule has 1 unspecified atom stereocenters. The van der Waals surface area contributed by atoms with Crippen LogP contribution >= 0.6 is 0 Å². The molecule has 1 fully saturated rings. The molecule has 0 heterocycles. The first-order chi connectivity index (χ1) is 11.4. The third-order valence-corrected chi connectivity index (χ3v) is 4.57. The molecule has 3 N–H and O–H groups in total. The van der Waals surface area contributed by atoms with Gasteiger partial charge >= 0.3 is 11.9 Å². The molecule has 0 aromatic heterocycles. The highest BCUT2D eigenvalue weighted by Crippen LogP contribution is 2.49. The van der Waals surface area contributed by atoms with E-state index in [0.717, 1.165) is 11.1 Å². The summed E-state index contributed by atoms with van der Waals surface area (Å²) in [4.78, 5) is 22.4. The van der Waals surface area contributed by atoms with Crippen LogP contribution in [0.15, 0.2) is 48.5 Å². The van der Waals surface area contributed by atoms with Crippen molar-refractivity contribution in [3.8, 4) is 11.1 Å². The molecule has 5 nitrogen and oxygen atoms in total. The maximum absolute atomic E-state index is 11.5. The zero-order valence-corrected chi connectivity index (χ0v) is 13.0. The van der Waals surface area contributed by atoms with Gasteiger partial charge in [-0.05, 0) is 41.2 Å². The van der Waals surface area contributed by atoms with Crippen LogP contribution in [-0.2, 0) is 15.0 Å². The van der Waals surface area contributed by atoms with Gasteiger partial charge in [-0.2, -0.15) is 0 Å². The first kappa shape index (κ1) is 16.2. The number of carboxylic acids is 2. The van der Waals surface area contributed by atoms with E-state index < -0.39 is 23.5 Å². The Labute approximate surface area is 139 Å². The molecule has 0 radical (unpaired) electrons.